The molecule has 0 radical (unpaired) electrons. The molecular weight excluding hydrogens is 458 g/mol. The molecule has 35 heavy (non-hydrogen) atoms. The fourth-order valence-electron chi connectivity index (χ4n) is 4.12. The van der Waals surface area contributed by atoms with Crippen molar-refractivity contribution in [3.63, 3.8) is 0 Å². The summed E-state index contributed by atoms with van der Waals surface area (Å²) in [4.78, 5) is 2.28. The van der Waals surface area contributed by atoms with Crippen LogP contribution in [0.15, 0.2) is 84.9 Å². The number of aryl methyl sites for hydroxylation is 1. The van der Waals surface area contributed by atoms with Gasteiger partial charge in [-0.25, -0.2) is 0 Å². The molecule has 0 N–H and O–H groups in total. The molecule has 0 saturated carbocycles. The van der Waals surface area contributed by atoms with Gasteiger partial charge in [0, 0.05) is 24.7 Å². The first-order chi connectivity index (χ1) is 17.1. The van der Waals surface area contributed by atoms with Crippen LogP contribution in [0, 0.1) is 0 Å². The second-order valence-corrected chi connectivity index (χ2v) is 8.89. The Labute approximate surface area is 209 Å². The predicted octanol–water partition coefficient (Wildman–Crippen LogP) is 6.43. The summed E-state index contributed by atoms with van der Waals surface area (Å²) < 4.78 is 7.81. The Morgan fingerprint density at radius 1 is 0.829 bits per heavy atom. The van der Waals surface area contributed by atoms with Gasteiger partial charge in [-0.1, -0.05) is 73.7 Å². The summed E-state index contributed by atoms with van der Waals surface area (Å²) in [6, 6.07) is 29.0. The molecule has 0 atom stereocenters. The van der Waals surface area contributed by atoms with Crippen LogP contribution in [-0.4, -0.2) is 31.8 Å². The van der Waals surface area contributed by atoms with Gasteiger partial charge in [-0.2, -0.15) is 4.52 Å². The molecule has 0 fully saturated rings. The Morgan fingerprint density at radius 3 is 2.46 bits per heavy atom. The van der Waals surface area contributed by atoms with Crippen molar-refractivity contribution in [2.45, 2.75) is 26.4 Å². The van der Waals surface area contributed by atoms with Crippen LogP contribution in [0.25, 0.3) is 16.8 Å². The molecule has 0 aliphatic carbocycles. The molecular formula is C28H26ClN5O. The summed E-state index contributed by atoms with van der Waals surface area (Å²) in [6.45, 7) is 3.80. The molecule has 0 aliphatic rings. The average molecular weight is 484 g/mol. The van der Waals surface area contributed by atoms with Crippen LogP contribution in [0.1, 0.15) is 23.6 Å². The van der Waals surface area contributed by atoms with Gasteiger partial charge in [-0.15, -0.1) is 15.3 Å². The lowest BCUT2D eigenvalue weighted by Crippen LogP contribution is -2.17. The zero-order chi connectivity index (χ0) is 24.2. The molecule has 2 aromatic heterocycles. The molecule has 2 heterocycles. The van der Waals surface area contributed by atoms with Gasteiger partial charge in [0.25, 0.3) is 0 Å². The third-order valence-corrected chi connectivity index (χ3v) is 6.09. The first-order valence-corrected chi connectivity index (χ1v) is 12.0. The molecule has 0 amide bonds. The van der Waals surface area contributed by atoms with Crippen molar-refractivity contribution < 1.29 is 4.74 Å². The molecule has 0 saturated heterocycles. The Balaban J connectivity index is 1.48. The molecule has 6 nitrogen and oxygen atoms in total. The van der Waals surface area contributed by atoms with Crippen molar-refractivity contribution in [2.75, 3.05) is 7.05 Å². The zero-order valence-electron chi connectivity index (χ0n) is 19.7. The summed E-state index contributed by atoms with van der Waals surface area (Å²) in [5.74, 6) is 1.15. The summed E-state index contributed by atoms with van der Waals surface area (Å²) in [5.41, 5.74) is 6.38. The van der Waals surface area contributed by atoms with Gasteiger partial charge in [-0.05, 0) is 59.5 Å². The van der Waals surface area contributed by atoms with E-state index in [4.69, 9.17) is 16.3 Å². The maximum Gasteiger partial charge on any atom is 0.246 e. The van der Waals surface area contributed by atoms with E-state index in [-0.39, 0.29) is 5.28 Å². The summed E-state index contributed by atoms with van der Waals surface area (Å²) in [5, 5.41) is 12.5. The van der Waals surface area contributed by atoms with E-state index in [0.717, 1.165) is 42.0 Å². The highest BCUT2D eigenvalue weighted by Gasteiger charge is 2.13. The third kappa shape index (κ3) is 5.34. The van der Waals surface area contributed by atoms with Gasteiger partial charge in [0.05, 0.1) is 0 Å². The second kappa shape index (κ2) is 10.3. The van der Waals surface area contributed by atoms with Crippen molar-refractivity contribution in [1.29, 1.82) is 0 Å². The second-order valence-electron chi connectivity index (χ2n) is 8.55. The Bertz CT molecular complexity index is 1450. The number of hydrogen-bond acceptors (Lipinski definition) is 5. The molecule has 0 bridgehead atoms. The van der Waals surface area contributed by atoms with E-state index in [1.165, 1.54) is 15.6 Å². The Morgan fingerprint density at radius 2 is 1.63 bits per heavy atom. The summed E-state index contributed by atoms with van der Waals surface area (Å²) in [6.07, 6.45) is 0.969. The molecule has 7 heteroatoms. The molecule has 176 valence electrons. The maximum absolute atomic E-state index is 6.35. The molecule has 0 aliphatic heterocycles. The van der Waals surface area contributed by atoms with E-state index in [0.29, 0.717) is 11.5 Å². The van der Waals surface area contributed by atoms with E-state index < -0.39 is 0 Å². The highest BCUT2D eigenvalue weighted by molar-refractivity contribution is 6.28. The molecule has 3 aromatic carbocycles. The van der Waals surface area contributed by atoms with Crippen LogP contribution in [0.5, 0.6) is 11.6 Å². The van der Waals surface area contributed by atoms with E-state index in [9.17, 15) is 0 Å². The number of rotatable bonds is 8. The molecule has 0 spiro atoms. The largest absolute Gasteiger partial charge is 0.437 e. The van der Waals surface area contributed by atoms with Crippen LogP contribution in [0.3, 0.4) is 0 Å². The van der Waals surface area contributed by atoms with Crippen LogP contribution < -0.4 is 4.74 Å². The molecule has 5 rings (SSSR count). The van der Waals surface area contributed by atoms with E-state index in [2.05, 4.69) is 101 Å². The monoisotopic (exact) mass is 483 g/mol. The van der Waals surface area contributed by atoms with Gasteiger partial charge >= 0.3 is 0 Å². The average Bonchev–Trinajstić information content (AvgIpc) is 3.25. The predicted molar refractivity (Wildman–Crippen MR) is 139 cm³/mol. The van der Waals surface area contributed by atoms with E-state index in [1.54, 1.807) is 12.1 Å². The third-order valence-electron chi connectivity index (χ3n) is 5.85. The minimum atomic E-state index is 0.192. The highest BCUT2D eigenvalue weighted by Crippen LogP contribution is 2.35. The lowest BCUT2D eigenvalue weighted by atomic mass is 9.99. The smallest absolute Gasteiger partial charge is 0.246 e. The Hall–Kier alpha value is -3.74. The van der Waals surface area contributed by atoms with Crippen molar-refractivity contribution in [3.8, 4) is 22.8 Å². The number of halogens is 1. The minimum absolute atomic E-state index is 0.192. The summed E-state index contributed by atoms with van der Waals surface area (Å²) >= 11 is 6.12. The fraction of sp³-hybridized carbons (Fsp3) is 0.179. The quantitative estimate of drug-likeness (QED) is 0.254. The topological polar surface area (TPSA) is 55.5 Å². The van der Waals surface area contributed by atoms with E-state index in [1.807, 2.05) is 6.07 Å². The van der Waals surface area contributed by atoms with Gasteiger partial charge in [-0.3, -0.25) is 4.90 Å². The van der Waals surface area contributed by atoms with Gasteiger partial charge in [0.15, 0.2) is 5.65 Å². The van der Waals surface area contributed by atoms with Crippen LogP contribution in [-0.2, 0) is 19.5 Å². The number of aromatic nitrogens is 4. The van der Waals surface area contributed by atoms with E-state index >= 15 is 0 Å². The SMILES string of the molecule is CCc1cccc(-c2ccc(CN(C)Cc3ccccc3)cc2Oc2ccc3nnc(Cl)n3n2)c1. The lowest BCUT2D eigenvalue weighted by Gasteiger charge is -2.19. The Kier molecular flexibility index (Phi) is 6.75. The molecule has 5 aromatic rings. The van der Waals surface area contributed by atoms with Crippen molar-refractivity contribution in [3.05, 3.63) is 107 Å². The van der Waals surface area contributed by atoms with Crippen LogP contribution in [0.2, 0.25) is 5.28 Å². The van der Waals surface area contributed by atoms with Crippen molar-refractivity contribution >= 4 is 17.2 Å². The molecule has 0 unspecified atom stereocenters. The fourth-order valence-corrected chi connectivity index (χ4v) is 4.28. The standard InChI is InChI=1S/C28H26ClN5O/c1-3-20-10-7-11-23(16-20)24-13-12-22(19-33(2)18-21-8-5-4-6-9-21)17-25(24)35-27-15-14-26-30-31-28(29)34(26)32-27/h4-17H,3,18-19H2,1-2H3. The number of benzene rings is 3. The highest BCUT2D eigenvalue weighted by atomic mass is 35.5. The minimum Gasteiger partial charge on any atom is -0.437 e. The number of ether oxygens (including phenoxy) is 1. The van der Waals surface area contributed by atoms with Crippen molar-refractivity contribution in [2.24, 2.45) is 0 Å². The lowest BCUT2D eigenvalue weighted by molar-refractivity contribution is 0.318. The summed E-state index contributed by atoms with van der Waals surface area (Å²) in [7, 11) is 2.12. The van der Waals surface area contributed by atoms with Gasteiger partial charge in [0.1, 0.15) is 5.75 Å². The zero-order valence-corrected chi connectivity index (χ0v) is 20.5. The van der Waals surface area contributed by atoms with Gasteiger partial charge < -0.3 is 4.74 Å². The maximum atomic E-state index is 6.35. The first kappa shape index (κ1) is 23.0. The first-order valence-electron chi connectivity index (χ1n) is 11.6. The number of nitrogens with zero attached hydrogens (tertiary/aromatic N) is 5. The van der Waals surface area contributed by atoms with Crippen LogP contribution in [0.4, 0.5) is 0 Å². The number of hydrogen-bond donors (Lipinski definition) is 0. The normalized spacial score (nSPS) is 11.3. The number of fused-ring (bicyclic) bond motifs is 1. The van der Waals surface area contributed by atoms with Crippen molar-refractivity contribution in [1.82, 2.24) is 24.7 Å². The van der Waals surface area contributed by atoms with Gasteiger partial charge in [0.2, 0.25) is 11.2 Å². The van der Waals surface area contributed by atoms with Crippen LogP contribution >= 0.6 is 11.6 Å².